The van der Waals surface area contributed by atoms with Crippen molar-refractivity contribution in [1.82, 2.24) is 19.8 Å². The lowest BCUT2D eigenvalue weighted by Gasteiger charge is -2.33. The molecule has 0 unspecified atom stereocenters. The first-order valence-electron chi connectivity index (χ1n) is 7.10. The van der Waals surface area contributed by atoms with Crippen molar-refractivity contribution in [2.45, 2.75) is 25.9 Å². The highest BCUT2D eigenvalue weighted by Crippen LogP contribution is 2.19. The Bertz CT molecular complexity index is 621. The van der Waals surface area contributed by atoms with Gasteiger partial charge < -0.3 is 14.8 Å². The molecule has 1 aromatic heterocycles. The molecule has 1 N–H and O–H groups in total. The van der Waals surface area contributed by atoms with Gasteiger partial charge in [0, 0.05) is 25.7 Å². The van der Waals surface area contributed by atoms with Crippen LogP contribution in [0.1, 0.15) is 19.9 Å². The second kappa shape index (κ2) is 5.25. The van der Waals surface area contributed by atoms with Crippen molar-refractivity contribution in [1.29, 1.82) is 0 Å². The van der Waals surface area contributed by atoms with Crippen LogP contribution in [-0.4, -0.2) is 46.0 Å². The van der Waals surface area contributed by atoms with Crippen LogP contribution < -0.4 is 5.32 Å². The molecule has 3 rings (SSSR count). The Labute approximate surface area is 118 Å². The number of rotatable bonds is 2. The summed E-state index contributed by atoms with van der Waals surface area (Å²) in [6.07, 6.45) is 1.76. The van der Waals surface area contributed by atoms with Crippen LogP contribution in [0.15, 0.2) is 30.6 Å². The molecule has 0 bridgehead atoms. The Balaban J connectivity index is 1.84. The molecule has 1 saturated heterocycles. The van der Waals surface area contributed by atoms with E-state index in [4.69, 9.17) is 0 Å². The van der Waals surface area contributed by atoms with Gasteiger partial charge in [-0.1, -0.05) is 12.1 Å². The first-order chi connectivity index (χ1) is 9.66. The molecule has 0 aliphatic carbocycles. The Hall–Kier alpha value is -1.88. The zero-order valence-electron chi connectivity index (χ0n) is 11.9. The number of nitrogens with one attached hydrogen (secondary N) is 1. The van der Waals surface area contributed by atoms with Crippen LogP contribution in [0, 0.1) is 0 Å². The van der Waals surface area contributed by atoms with Gasteiger partial charge in [-0.25, -0.2) is 4.98 Å². The van der Waals surface area contributed by atoms with Gasteiger partial charge in [-0.15, -0.1) is 0 Å². The Morgan fingerprint density at radius 2 is 2.25 bits per heavy atom. The number of nitrogens with zero attached hydrogens (tertiary/aromatic N) is 3. The summed E-state index contributed by atoms with van der Waals surface area (Å²) in [5.41, 5.74) is 1.94. The minimum atomic E-state index is -0.215. The van der Waals surface area contributed by atoms with Gasteiger partial charge in [0.1, 0.15) is 6.04 Å². The summed E-state index contributed by atoms with van der Waals surface area (Å²) in [4.78, 5) is 18.9. The third-order valence-corrected chi connectivity index (χ3v) is 3.94. The van der Waals surface area contributed by atoms with Crippen LogP contribution in [0.2, 0.25) is 0 Å². The van der Waals surface area contributed by atoms with Crippen LogP contribution in [-0.2, 0) is 4.79 Å². The Morgan fingerprint density at radius 3 is 3.05 bits per heavy atom. The molecule has 1 fully saturated rings. The van der Waals surface area contributed by atoms with Crippen molar-refractivity contribution in [3.63, 3.8) is 0 Å². The Morgan fingerprint density at radius 1 is 1.45 bits per heavy atom. The molecule has 106 valence electrons. The number of fused-ring (bicyclic) bond motifs is 1. The first kappa shape index (κ1) is 13.1. The van der Waals surface area contributed by atoms with E-state index < -0.39 is 0 Å². The van der Waals surface area contributed by atoms with Crippen molar-refractivity contribution < 1.29 is 4.79 Å². The van der Waals surface area contributed by atoms with Gasteiger partial charge in [-0.3, -0.25) is 4.79 Å². The third kappa shape index (κ3) is 2.29. The van der Waals surface area contributed by atoms with E-state index in [0.717, 1.165) is 30.7 Å². The molecular formula is C15H20N4O. The number of benzene rings is 1. The number of carbonyl (C=O) groups excluding carboxylic acids is 1. The highest BCUT2D eigenvalue weighted by molar-refractivity contribution is 5.83. The van der Waals surface area contributed by atoms with E-state index in [1.807, 2.05) is 40.7 Å². The molecule has 2 atom stereocenters. The summed E-state index contributed by atoms with van der Waals surface area (Å²) in [7, 11) is 0. The van der Waals surface area contributed by atoms with E-state index in [-0.39, 0.29) is 11.9 Å². The molecule has 0 radical (unpaired) electrons. The summed E-state index contributed by atoms with van der Waals surface area (Å²) in [6.45, 7) is 6.47. The van der Waals surface area contributed by atoms with Gasteiger partial charge in [-0.05, 0) is 26.0 Å². The molecule has 0 spiro atoms. The van der Waals surface area contributed by atoms with Crippen molar-refractivity contribution >= 4 is 16.9 Å². The maximum absolute atomic E-state index is 12.6. The molecule has 2 aromatic rings. The molecule has 1 aliphatic heterocycles. The molecule has 1 amide bonds. The van der Waals surface area contributed by atoms with Crippen molar-refractivity contribution in [2.75, 3.05) is 19.6 Å². The van der Waals surface area contributed by atoms with E-state index in [2.05, 4.69) is 17.2 Å². The summed E-state index contributed by atoms with van der Waals surface area (Å²) in [5.74, 6) is 0.168. The van der Waals surface area contributed by atoms with E-state index in [1.54, 1.807) is 6.33 Å². The summed E-state index contributed by atoms with van der Waals surface area (Å²) >= 11 is 0. The molecule has 5 heteroatoms. The average molecular weight is 272 g/mol. The zero-order valence-corrected chi connectivity index (χ0v) is 11.9. The molecule has 5 nitrogen and oxygen atoms in total. The fourth-order valence-electron chi connectivity index (χ4n) is 2.80. The van der Waals surface area contributed by atoms with Crippen LogP contribution in [0.3, 0.4) is 0 Å². The van der Waals surface area contributed by atoms with E-state index in [1.165, 1.54) is 0 Å². The minimum Gasteiger partial charge on any atom is -0.338 e. The average Bonchev–Trinajstić information content (AvgIpc) is 2.89. The lowest BCUT2D eigenvalue weighted by Crippen LogP contribution is -2.52. The monoisotopic (exact) mass is 272 g/mol. The molecule has 20 heavy (non-hydrogen) atoms. The summed E-state index contributed by atoms with van der Waals surface area (Å²) in [6, 6.07) is 8.06. The van der Waals surface area contributed by atoms with Gasteiger partial charge in [0.25, 0.3) is 0 Å². The number of hydrogen-bond acceptors (Lipinski definition) is 3. The predicted molar refractivity (Wildman–Crippen MR) is 78.5 cm³/mol. The van der Waals surface area contributed by atoms with E-state index in [0.29, 0.717) is 6.04 Å². The summed E-state index contributed by atoms with van der Waals surface area (Å²) < 4.78 is 1.96. The third-order valence-electron chi connectivity index (χ3n) is 3.94. The SMILES string of the molecule is C[C@@H]1CN(C(=O)[C@@H](C)n2cnc3ccccc32)CCN1. The van der Waals surface area contributed by atoms with Gasteiger partial charge in [0.15, 0.2) is 0 Å². The molecule has 1 aliphatic rings. The molecular weight excluding hydrogens is 252 g/mol. The van der Waals surface area contributed by atoms with E-state index in [9.17, 15) is 4.79 Å². The number of piperazine rings is 1. The first-order valence-corrected chi connectivity index (χ1v) is 7.10. The van der Waals surface area contributed by atoms with Crippen molar-refractivity contribution in [3.8, 4) is 0 Å². The predicted octanol–water partition coefficient (Wildman–Crippen LogP) is 1.42. The zero-order chi connectivity index (χ0) is 14.1. The molecule has 1 aromatic carbocycles. The lowest BCUT2D eigenvalue weighted by molar-refractivity contribution is -0.135. The second-order valence-electron chi connectivity index (χ2n) is 5.46. The van der Waals surface area contributed by atoms with Crippen LogP contribution in [0.25, 0.3) is 11.0 Å². The molecule has 0 saturated carbocycles. The summed E-state index contributed by atoms with van der Waals surface area (Å²) in [5, 5.41) is 3.36. The van der Waals surface area contributed by atoms with Gasteiger partial charge in [0.2, 0.25) is 5.91 Å². The maximum atomic E-state index is 12.6. The van der Waals surface area contributed by atoms with Crippen LogP contribution >= 0.6 is 0 Å². The number of para-hydroxylation sites is 2. The maximum Gasteiger partial charge on any atom is 0.245 e. The molecule has 2 heterocycles. The quantitative estimate of drug-likeness (QED) is 0.899. The van der Waals surface area contributed by atoms with Crippen molar-refractivity contribution in [3.05, 3.63) is 30.6 Å². The smallest absolute Gasteiger partial charge is 0.245 e. The largest absolute Gasteiger partial charge is 0.338 e. The Kier molecular flexibility index (Phi) is 3.44. The number of carbonyl (C=O) groups is 1. The highest BCUT2D eigenvalue weighted by atomic mass is 16.2. The topological polar surface area (TPSA) is 50.2 Å². The lowest BCUT2D eigenvalue weighted by atomic mass is 10.2. The highest BCUT2D eigenvalue weighted by Gasteiger charge is 2.26. The van der Waals surface area contributed by atoms with Crippen molar-refractivity contribution in [2.24, 2.45) is 0 Å². The number of imidazole rings is 1. The van der Waals surface area contributed by atoms with Crippen LogP contribution in [0.5, 0.6) is 0 Å². The standard InChI is InChI=1S/C15H20N4O/c1-11-9-18(8-7-16-11)15(20)12(2)19-10-17-13-5-3-4-6-14(13)19/h3-6,10-12,16H,7-9H2,1-2H3/t11-,12-/m1/s1. The van der Waals surface area contributed by atoms with Gasteiger partial charge in [-0.2, -0.15) is 0 Å². The fraction of sp³-hybridized carbons (Fsp3) is 0.467. The van der Waals surface area contributed by atoms with Gasteiger partial charge >= 0.3 is 0 Å². The number of hydrogen-bond donors (Lipinski definition) is 1. The number of aromatic nitrogens is 2. The minimum absolute atomic E-state index is 0.168. The fourth-order valence-corrected chi connectivity index (χ4v) is 2.80. The second-order valence-corrected chi connectivity index (χ2v) is 5.46. The normalized spacial score (nSPS) is 21.1. The number of amides is 1. The van der Waals surface area contributed by atoms with Crippen LogP contribution in [0.4, 0.5) is 0 Å². The van der Waals surface area contributed by atoms with E-state index >= 15 is 0 Å². The van der Waals surface area contributed by atoms with Gasteiger partial charge in [0.05, 0.1) is 17.4 Å².